The molecular weight excluding hydrogens is 1120 g/mol. The lowest BCUT2D eigenvalue weighted by atomic mass is 9.86. The predicted molar refractivity (Wildman–Crippen MR) is 386 cm³/mol. The van der Waals surface area contributed by atoms with Crippen molar-refractivity contribution in [1.82, 2.24) is 9.13 Å². The van der Waals surface area contributed by atoms with E-state index in [-0.39, 0.29) is 33.2 Å². The van der Waals surface area contributed by atoms with Gasteiger partial charge in [0.05, 0.1) is 62.8 Å². The molecule has 0 amide bonds. The molecule has 0 aliphatic heterocycles. The number of hydrogen-bond donors (Lipinski definition) is 2. The average molecular weight is 1220 g/mol. The minimum Gasteiger partial charge on any atom is -0.505 e. The van der Waals surface area contributed by atoms with Gasteiger partial charge >= 0.3 is 0 Å². The maximum atomic E-state index is 13.3. The number of benzene rings is 8. The van der Waals surface area contributed by atoms with Crippen LogP contribution in [-0.4, -0.2) is 48.7 Å². The lowest BCUT2D eigenvalue weighted by molar-refractivity contribution is 0.246. The van der Waals surface area contributed by atoms with Crippen molar-refractivity contribution in [1.29, 1.82) is 0 Å². The molecule has 2 heterocycles. The van der Waals surface area contributed by atoms with Gasteiger partial charge in [-0.05, 0) is 178 Å². The van der Waals surface area contributed by atoms with Crippen LogP contribution in [0.15, 0.2) is 109 Å². The molecule has 0 saturated carbocycles. The molecule has 0 saturated heterocycles. The average Bonchev–Trinajstić information content (AvgIpc) is 1.67. The monoisotopic (exact) mass is 1220 g/mol. The van der Waals surface area contributed by atoms with Crippen molar-refractivity contribution in [2.24, 2.45) is 0 Å². The zero-order valence-electron chi connectivity index (χ0n) is 57.4. The van der Waals surface area contributed by atoms with Crippen molar-refractivity contribution >= 4 is 70.1 Å². The SMILES string of the molecule is Cc1cc(-c2cc([Si](C)(C)C)cc(-n3c4cc(C(C)(C)C)ccc4c4ccc(C(C)(C)C)cc43)c2O)c(OCCCOc2c(-c3cc([Si](C)(C)C)cc(-n4c5cc(C(C)(C)C)ccc5c5ccc(C(C)(C)C)cc54)c3O)cc(C)c3c2CCC3)c2c1CCC2. The molecule has 10 aromatic rings. The molecule has 0 spiro atoms. The molecule has 0 unspecified atom stereocenters. The van der Waals surface area contributed by atoms with E-state index in [0.717, 1.165) is 106 Å². The van der Waals surface area contributed by atoms with Crippen LogP contribution in [0.5, 0.6) is 23.0 Å². The van der Waals surface area contributed by atoms with Crippen molar-refractivity contribution < 1.29 is 19.7 Å². The summed E-state index contributed by atoms with van der Waals surface area (Å²) in [4.78, 5) is 0. The van der Waals surface area contributed by atoms with Gasteiger partial charge in [0.1, 0.15) is 23.0 Å². The fourth-order valence-corrected chi connectivity index (χ4v) is 16.6. The van der Waals surface area contributed by atoms with Crippen LogP contribution in [0, 0.1) is 13.8 Å². The van der Waals surface area contributed by atoms with E-state index in [1.165, 1.54) is 87.6 Å². The summed E-state index contributed by atoms with van der Waals surface area (Å²) < 4.78 is 19.2. The number of phenolic OH excluding ortho intramolecular Hbond substituents is 2. The molecule has 12 rings (SSSR count). The molecule has 464 valence electrons. The molecule has 2 N–H and O–H groups in total. The Morgan fingerprint density at radius 1 is 0.382 bits per heavy atom. The Morgan fingerprint density at radius 3 is 0.955 bits per heavy atom. The lowest BCUT2D eigenvalue weighted by Gasteiger charge is -2.25. The highest BCUT2D eigenvalue weighted by Crippen LogP contribution is 2.50. The molecule has 2 aliphatic carbocycles. The standard InChI is InChI=1S/C81H98N2O4Si2/c1-48-38-66(64-44-54(88(15,16)17)46-72(74(64)84)82-68-40-50(78(3,4)5)28-32-58(68)59-33-29-51(41-69(59)82)79(6,7)8)76(62-26-21-24-56(48)62)86-36-23-37-87-77-63-27-22-25-57(63)49(2)39-67(77)65-45-55(89(18,19)20)47-73(75(65)85)83-70-42-52(80(9,10)11)30-34-60(70)61-35-31-53(43-71(61)83)81(12,13)14/h28-35,38-47,84-85H,21-27,36-37H2,1-20H3. The second-order valence-corrected chi connectivity index (χ2v) is 42.8. The molecule has 8 heteroatoms. The number of nitrogens with zero attached hydrogens (tertiary/aromatic N) is 2. The topological polar surface area (TPSA) is 68.8 Å². The summed E-state index contributed by atoms with van der Waals surface area (Å²) in [6.07, 6.45) is 6.68. The van der Waals surface area contributed by atoms with Gasteiger partial charge in [0.25, 0.3) is 0 Å². The van der Waals surface area contributed by atoms with Gasteiger partial charge in [-0.3, -0.25) is 0 Å². The number of rotatable bonds is 12. The number of phenols is 2. The van der Waals surface area contributed by atoms with Crippen molar-refractivity contribution in [3.8, 4) is 56.6 Å². The molecule has 0 bridgehead atoms. The largest absolute Gasteiger partial charge is 0.505 e. The highest BCUT2D eigenvalue weighted by molar-refractivity contribution is 6.89. The summed E-state index contributed by atoms with van der Waals surface area (Å²) in [5.41, 5.74) is 22.1. The van der Waals surface area contributed by atoms with Gasteiger partial charge in [0.2, 0.25) is 0 Å². The van der Waals surface area contributed by atoms with Gasteiger partial charge < -0.3 is 28.8 Å². The quantitative estimate of drug-likeness (QED) is 0.0945. The van der Waals surface area contributed by atoms with E-state index in [2.05, 4.69) is 255 Å². The van der Waals surface area contributed by atoms with Crippen LogP contribution in [-0.2, 0) is 47.3 Å². The van der Waals surface area contributed by atoms with Crippen molar-refractivity contribution in [2.75, 3.05) is 13.2 Å². The lowest BCUT2D eigenvalue weighted by Crippen LogP contribution is -2.38. The Balaban J connectivity index is 0.950. The van der Waals surface area contributed by atoms with Crippen LogP contribution in [0.3, 0.4) is 0 Å². The molecule has 6 nitrogen and oxygen atoms in total. The minimum absolute atomic E-state index is 0.0723. The van der Waals surface area contributed by atoms with E-state index in [1.54, 1.807) is 0 Å². The van der Waals surface area contributed by atoms with Crippen LogP contribution >= 0.6 is 0 Å². The number of aryl methyl sites for hydroxylation is 2. The molecule has 0 atom stereocenters. The number of ether oxygens (including phenoxy) is 2. The Hall–Kier alpha value is -7.01. The molecule has 89 heavy (non-hydrogen) atoms. The third-order valence-electron chi connectivity index (χ3n) is 19.9. The Labute approximate surface area is 533 Å². The smallest absolute Gasteiger partial charge is 0.147 e. The van der Waals surface area contributed by atoms with E-state index in [4.69, 9.17) is 9.47 Å². The first-order chi connectivity index (χ1) is 41.6. The molecule has 0 radical (unpaired) electrons. The van der Waals surface area contributed by atoms with E-state index in [9.17, 15) is 10.2 Å². The maximum Gasteiger partial charge on any atom is 0.147 e. The van der Waals surface area contributed by atoms with E-state index in [1.807, 2.05) is 0 Å². The predicted octanol–water partition coefficient (Wildman–Crippen LogP) is 20.3. The summed E-state index contributed by atoms with van der Waals surface area (Å²) in [7, 11) is -4.02. The Morgan fingerprint density at radius 2 is 0.674 bits per heavy atom. The number of aromatic nitrogens is 2. The fraction of sp³-hybridized carbons (Fsp3) is 0.407. The first kappa shape index (κ1) is 62.2. The molecule has 2 aliphatic rings. The Kier molecular flexibility index (Phi) is 15.3. The Bertz CT molecular complexity index is 4080. The summed E-state index contributed by atoms with van der Waals surface area (Å²) in [6, 6.07) is 41.5. The summed E-state index contributed by atoms with van der Waals surface area (Å²) >= 11 is 0. The molecule has 2 aromatic heterocycles. The first-order valence-electron chi connectivity index (χ1n) is 33.1. The van der Waals surface area contributed by atoms with Gasteiger partial charge in [-0.2, -0.15) is 0 Å². The van der Waals surface area contributed by atoms with E-state index >= 15 is 0 Å². The van der Waals surface area contributed by atoms with Gasteiger partial charge in [0, 0.05) is 50.2 Å². The molecule has 0 fully saturated rings. The highest BCUT2D eigenvalue weighted by Gasteiger charge is 2.33. The van der Waals surface area contributed by atoms with Gasteiger partial charge in [0.15, 0.2) is 0 Å². The van der Waals surface area contributed by atoms with E-state index in [0.29, 0.717) is 19.6 Å². The van der Waals surface area contributed by atoms with Crippen LogP contribution in [0.1, 0.15) is 158 Å². The van der Waals surface area contributed by atoms with Gasteiger partial charge in [-0.25, -0.2) is 0 Å². The molecular formula is C81H98N2O4Si2. The third kappa shape index (κ3) is 11.1. The van der Waals surface area contributed by atoms with Crippen molar-refractivity contribution in [3.05, 3.63) is 165 Å². The summed E-state index contributed by atoms with van der Waals surface area (Å²) in [6.45, 7) is 47.2. The second-order valence-electron chi connectivity index (χ2n) is 32.7. The van der Waals surface area contributed by atoms with Crippen molar-refractivity contribution in [3.63, 3.8) is 0 Å². The van der Waals surface area contributed by atoms with Gasteiger partial charge in [-0.1, -0.05) is 193 Å². The summed E-state index contributed by atoms with van der Waals surface area (Å²) in [5, 5.41) is 33.9. The zero-order chi connectivity index (χ0) is 64.0. The fourth-order valence-electron chi connectivity index (χ4n) is 14.3. The number of fused-ring (bicyclic) bond motifs is 8. The van der Waals surface area contributed by atoms with Crippen LogP contribution in [0.25, 0.3) is 77.2 Å². The van der Waals surface area contributed by atoms with E-state index < -0.39 is 16.1 Å². The van der Waals surface area contributed by atoms with Gasteiger partial charge in [-0.15, -0.1) is 0 Å². The normalized spacial score (nSPS) is 14.2. The van der Waals surface area contributed by atoms with Crippen molar-refractivity contribution in [2.45, 2.75) is 203 Å². The third-order valence-corrected chi connectivity index (χ3v) is 23.9. The zero-order valence-corrected chi connectivity index (χ0v) is 59.4. The molecule has 8 aromatic carbocycles. The summed E-state index contributed by atoms with van der Waals surface area (Å²) in [5.74, 6) is 2.31. The maximum absolute atomic E-state index is 13.3. The van der Waals surface area contributed by atoms with Crippen LogP contribution in [0.2, 0.25) is 39.3 Å². The second kappa shape index (κ2) is 21.9. The van der Waals surface area contributed by atoms with Crippen LogP contribution in [0.4, 0.5) is 0 Å². The minimum atomic E-state index is -2.01. The van der Waals surface area contributed by atoms with Crippen LogP contribution < -0.4 is 19.8 Å². The highest BCUT2D eigenvalue weighted by atomic mass is 28.3. The number of hydrogen-bond acceptors (Lipinski definition) is 4. The number of aromatic hydroxyl groups is 2. The first-order valence-corrected chi connectivity index (χ1v) is 40.1.